The number of aryl methyl sites for hydroxylation is 1. The average molecular weight is 630 g/mol. The number of ether oxygens (including phenoxy) is 3. The minimum Gasteiger partial charge on any atom is -0.472 e. The van der Waals surface area contributed by atoms with Gasteiger partial charge in [0.2, 0.25) is 5.88 Å². The third-order valence-corrected chi connectivity index (χ3v) is 11.5. The van der Waals surface area contributed by atoms with Crippen molar-refractivity contribution in [1.82, 2.24) is 25.2 Å². The van der Waals surface area contributed by atoms with E-state index in [2.05, 4.69) is 29.0 Å². The summed E-state index contributed by atoms with van der Waals surface area (Å²) in [5.41, 5.74) is 11.5. The van der Waals surface area contributed by atoms with Crippen LogP contribution < -0.4 is 25.4 Å². The second kappa shape index (κ2) is 10.6. The Bertz CT molecular complexity index is 1720. The minimum absolute atomic E-state index is 0.0277. The number of nitrogens with zero attached hydrogens (tertiary/aromatic N) is 5. The molecule has 6 aliphatic rings. The zero-order chi connectivity index (χ0) is 31.3. The highest BCUT2D eigenvalue weighted by Gasteiger charge is 2.48. The van der Waals surface area contributed by atoms with E-state index in [9.17, 15) is 0 Å². The molecule has 1 aromatic carbocycles. The van der Waals surface area contributed by atoms with Crippen molar-refractivity contribution < 1.29 is 18.6 Å². The monoisotopic (exact) mass is 629 g/mol. The maximum atomic E-state index is 17.2. The maximum absolute atomic E-state index is 17.2. The van der Waals surface area contributed by atoms with Gasteiger partial charge in [0.05, 0.1) is 25.9 Å². The zero-order valence-corrected chi connectivity index (χ0v) is 27.1. The van der Waals surface area contributed by atoms with E-state index in [-0.39, 0.29) is 40.8 Å². The van der Waals surface area contributed by atoms with Crippen LogP contribution in [-0.4, -0.2) is 90.1 Å². The summed E-state index contributed by atoms with van der Waals surface area (Å²) in [5.74, 6) is 0.964. The van der Waals surface area contributed by atoms with E-state index in [4.69, 9.17) is 34.9 Å². The van der Waals surface area contributed by atoms with Gasteiger partial charge in [-0.15, -0.1) is 0 Å². The molecule has 11 heteroatoms. The van der Waals surface area contributed by atoms with E-state index in [1.54, 1.807) is 0 Å². The predicted octanol–water partition coefficient (Wildman–Crippen LogP) is 4.49. The van der Waals surface area contributed by atoms with Gasteiger partial charge in [0.1, 0.15) is 28.5 Å². The van der Waals surface area contributed by atoms with Crippen LogP contribution in [0, 0.1) is 25.1 Å². The lowest BCUT2D eigenvalue weighted by molar-refractivity contribution is 0.0231. The van der Waals surface area contributed by atoms with Crippen molar-refractivity contribution in [2.24, 2.45) is 5.41 Å². The summed E-state index contributed by atoms with van der Waals surface area (Å²) in [6, 6.07) is 2.87. The molecule has 6 heterocycles. The van der Waals surface area contributed by atoms with E-state index >= 15 is 4.39 Å². The first-order valence-corrected chi connectivity index (χ1v) is 17.2. The number of hydrogen-bond acceptors (Lipinski definition) is 10. The highest BCUT2D eigenvalue weighted by Crippen LogP contribution is 2.51. The molecule has 244 valence electrons. The second-order valence-electron chi connectivity index (χ2n) is 14.8. The predicted molar refractivity (Wildman–Crippen MR) is 174 cm³/mol. The molecule has 3 aromatic rings. The molecule has 0 unspecified atom stereocenters. The molecule has 2 bridgehead atoms. The fourth-order valence-corrected chi connectivity index (χ4v) is 8.66. The number of benzene rings is 1. The molecule has 9 rings (SSSR count). The van der Waals surface area contributed by atoms with Gasteiger partial charge in [-0.05, 0) is 88.0 Å². The van der Waals surface area contributed by atoms with Crippen molar-refractivity contribution in [3.63, 3.8) is 0 Å². The van der Waals surface area contributed by atoms with Crippen molar-refractivity contribution in [3.8, 4) is 23.1 Å². The third-order valence-electron chi connectivity index (χ3n) is 11.5. The number of hydrogen-bond donors (Lipinski definition) is 2. The summed E-state index contributed by atoms with van der Waals surface area (Å²) < 4.78 is 36.0. The summed E-state index contributed by atoms with van der Waals surface area (Å²) in [6.07, 6.45) is 6.33. The largest absolute Gasteiger partial charge is 0.472 e. The fraction of sp³-hybridized carbons (Fsp3) is 0.629. The first kappa shape index (κ1) is 28.9. The molecule has 5 fully saturated rings. The van der Waals surface area contributed by atoms with Gasteiger partial charge in [-0.3, -0.25) is 4.90 Å². The van der Waals surface area contributed by atoms with Gasteiger partial charge in [0.25, 0.3) is 0 Å². The lowest BCUT2D eigenvalue weighted by atomic mass is 9.90. The van der Waals surface area contributed by atoms with Gasteiger partial charge in [0, 0.05) is 54.9 Å². The van der Waals surface area contributed by atoms with Gasteiger partial charge in [-0.2, -0.15) is 9.97 Å². The minimum atomic E-state index is -0.468. The number of piperazine rings is 1. The van der Waals surface area contributed by atoms with Crippen LogP contribution >= 0.6 is 0 Å². The number of pyridine rings is 1. The van der Waals surface area contributed by atoms with E-state index in [0.29, 0.717) is 41.3 Å². The van der Waals surface area contributed by atoms with Gasteiger partial charge < -0.3 is 30.2 Å². The first-order valence-electron chi connectivity index (χ1n) is 17.2. The van der Waals surface area contributed by atoms with Gasteiger partial charge >= 0.3 is 6.01 Å². The van der Waals surface area contributed by atoms with E-state index < -0.39 is 5.82 Å². The summed E-state index contributed by atoms with van der Waals surface area (Å²) in [4.78, 5) is 19.7. The van der Waals surface area contributed by atoms with Crippen molar-refractivity contribution in [2.75, 3.05) is 56.6 Å². The molecule has 4 aliphatic heterocycles. The quantitative estimate of drug-likeness (QED) is 0.363. The zero-order valence-electron chi connectivity index (χ0n) is 27.1. The van der Waals surface area contributed by atoms with Crippen molar-refractivity contribution in [1.29, 1.82) is 0 Å². The molecule has 3 N–H and O–H groups in total. The number of nitrogens with two attached hydrogens (primary N) is 1. The van der Waals surface area contributed by atoms with Crippen molar-refractivity contribution in [2.45, 2.75) is 89.4 Å². The van der Waals surface area contributed by atoms with Crippen LogP contribution in [0.3, 0.4) is 0 Å². The Labute approximate surface area is 269 Å². The molecule has 4 atom stereocenters. The Morgan fingerprint density at radius 3 is 2.67 bits per heavy atom. The third kappa shape index (κ3) is 4.72. The molecule has 3 saturated heterocycles. The average Bonchev–Trinajstić information content (AvgIpc) is 3.98. The molecule has 2 aromatic heterocycles. The Hall–Kier alpha value is -3.28. The van der Waals surface area contributed by atoms with Crippen LogP contribution in [0.15, 0.2) is 6.07 Å². The molecule has 0 radical (unpaired) electrons. The number of aromatic nitrogens is 3. The molecule has 10 nitrogen and oxygen atoms in total. The fourth-order valence-electron chi connectivity index (χ4n) is 8.66. The summed E-state index contributed by atoms with van der Waals surface area (Å²) in [6.45, 7) is 11.8. The highest BCUT2D eigenvalue weighted by atomic mass is 19.1. The summed E-state index contributed by atoms with van der Waals surface area (Å²) >= 11 is 0. The molecule has 2 saturated carbocycles. The van der Waals surface area contributed by atoms with Crippen LogP contribution in [0.4, 0.5) is 15.9 Å². The summed E-state index contributed by atoms with van der Waals surface area (Å²) in [5, 5.41) is 4.32. The Morgan fingerprint density at radius 2 is 1.91 bits per heavy atom. The van der Waals surface area contributed by atoms with Gasteiger partial charge in [-0.1, -0.05) is 0 Å². The SMILES string of the molecule is Cc1cc(N)c(C)c(-c2nc3c4c(nc(OCC5(CN6CCOCC6)CC5)nc4c2F)N2C[C@H]4CC[C@H](N4)[C@H]2[C@H](C)O3)c1C1CC1. The van der Waals surface area contributed by atoms with Crippen molar-refractivity contribution in [3.05, 3.63) is 28.6 Å². The summed E-state index contributed by atoms with van der Waals surface area (Å²) in [7, 11) is 0. The highest BCUT2D eigenvalue weighted by molar-refractivity contribution is 5.98. The van der Waals surface area contributed by atoms with Crippen LogP contribution in [0.5, 0.6) is 11.9 Å². The molecule has 46 heavy (non-hydrogen) atoms. The second-order valence-corrected chi connectivity index (χ2v) is 14.8. The van der Waals surface area contributed by atoms with Crippen molar-refractivity contribution >= 4 is 22.4 Å². The lowest BCUT2D eigenvalue weighted by Gasteiger charge is -2.42. The number of anilines is 2. The maximum Gasteiger partial charge on any atom is 0.319 e. The smallest absolute Gasteiger partial charge is 0.319 e. The van der Waals surface area contributed by atoms with E-state index in [0.717, 1.165) is 100 Å². The standard InChI is InChI=1S/C35H44FN7O3/c1-18-14-23(37)19(2)26(25(18)21-4-5-21)29-28(36)30-27-32(43-15-22-6-7-24(38-22)31(43)20(3)46-33(27)39-29)41-34(40-30)45-17-35(8-9-35)16-42-10-12-44-13-11-42/h14,20-22,24,31,38H,4-13,15-17,37H2,1-3H3/t20-,22+,24-,31+/m0/s1. The Balaban J connectivity index is 1.19. The molecule has 2 aliphatic carbocycles. The first-order chi connectivity index (χ1) is 22.3. The number of halogens is 1. The topological polar surface area (TPSA) is 111 Å². The van der Waals surface area contributed by atoms with Crippen LogP contribution in [0.2, 0.25) is 0 Å². The van der Waals surface area contributed by atoms with E-state index in [1.807, 2.05) is 13.0 Å². The number of morpholine rings is 1. The number of nitrogens with one attached hydrogen (secondary N) is 1. The van der Waals surface area contributed by atoms with E-state index in [1.165, 1.54) is 0 Å². The van der Waals surface area contributed by atoms with Crippen LogP contribution in [-0.2, 0) is 4.74 Å². The number of nitrogen functional groups attached to an aromatic ring is 1. The molecule has 0 spiro atoms. The molecular formula is C35H44FN7O3. The van der Waals surface area contributed by atoms with Gasteiger partial charge in [0.15, 0.2) is 5.82 Å². The molecular weight excluding hydrogens is 585 g/mol. The lowest BCUT2D eigenvalue weighted by Crippen LogP contribution is -2.62. The Morgan fingerprint density at radius 1 is 1.11 bits per heavy atom. The number of fused-ring (bicyclic) bond motifs is 5. The van der Waals surface area contributed by atoms with Crippen LogP contribution in [0.25, 0.3) is 22.2 Å². The molecule has 0 amide bonds. The van der Waals surface area contributed by atoms with Gasteiger partial charge in [-0.25, -0.2) is 9.37 Å². The van der Waals surface area contributed by atoms with Crippen LogP contribution in [0.1, 0.15) is 68.1 Å². The Kier molecular flexibility index (Phi) is 6.67. The normalized spacial score (nSPS) is 28.1. The number of rotatable bonds is 7.